The minimum Gasteiger partial charge on any atom is -0.456 e. The first kappa shape index (κ1) is 20.2. The second-order valence-corrected chi connectivity index (χ2v) is 6.39. The summed E-state index contributed by atoms with van der Waals surface area (Å²) >= 11 is 0. The zero-order valence-electron chi connectivity index (χ0n) is 15.8. The molecule has 0 aliphatic heterocycles. The highest BCUT2D eigenvalue weighted by molar-refractivity contribution is 5.95. The van der Waals surface area contributed by atoms with Crippen LogP contribution >= 0.6 is 0 Å². The van der Waals surface area contributed by atoms with Crippen LogP contribution in [0.15, 0.2) is 42.5 Å². The van der Waals surface area contributed by atoms with E-state index < -0.39 is 11.9 Å². The SMILES string of the molecule is Cc1cccc(NC(=O)CCC(=O)OCC(=O)Nc2c(C)cccc2C)c1. The molecule has 0 saturated carbocycles. The van der Waals surface area contributed by atoms with Crippen molar-refractivity contribution in [2.45, 2.75) is 33.6 Å². The lowest BCUT2D eigenvalue weighted by molar-refractivity contribution is -0.147. The van der Waals surface area contributed by atoms with Crippen LogP contribution < -0.4 is 10.6 Å². The molecule has 0 radical (unpaired) electrons. The number of amides is 2. The third-order valence-corrected chi connectivity index (χ3v) is 3.97. The minimum absolute atomic E-state index is 0.00864. The third-order valence-electron chi connectivity index (χ3n) is 3.97. The molecule has 0 aliphatic rings. The van der Waals surface area contributed by atoms with E-state index in [4.69, 9.17) is 4.74 Å². The van der Waals surface area contributed by atoms with E-state index in [0.29, 0.717) is 5.69 Å². The summed E-state index contributed by atoms with van der Waals surface area (Å²) in [6, 6.07) is 13.1. The van der Waals surface area contributed by atoms with Crippen molar-refractivity contribution in [3.63, 3.8) is 0 Å². The third kappa shape index (κ3) is 6.58. The molecule has 0 bridgehead atoms. The molecule has 2 aromatic carbocycles. The number of hydrogen-bond donors (Lipinski definition) is 2. The number of benzene rings is 2. The summed E-state index contributed by atoms with van der Waals surface area (Å²) in [5.74, 6) is -1.28. The van der Waals surface area contributed by atoms with E-state index >= 15 is 0 Å². The summed E-state index contributed by atoms with van der Waals surface area (Å²) in [4.78, 5) is 35.6. The lowest BCUT2D eigenvalue weighted by atomic mass is 10.1. The summed E-state index contributed by atoms with van der Waals surface area (Å²) in [7, 11) is 0. The monoisotopic (exact) mass is 368 g/mol. The topological polar surface area (TPSA) is 84.5 Å². The lowest BCUT2D eigenvalue weighted by Gasteiger charge is -2.11. The highest BCUT2D eigenvalue weighted by Crippen LogP contribution is 2.19. The number of para-hydroxylation sites is 1. The first-order valence-electron chi connectivity index (χ1n) is 8.73. The van der Waals surface area contributed by atoms with E-state index in [2.05, 4.69) is 10.6 Å². The minimum atomic E-state index is -0.592. The zero-order valence-corrected chi connectivity index (χ0v) is 15.8. The quantitative estimate of drug-likeness (QED) is 0.733. The number of carbonyl (C=O) groups is 3. The van der Waals surface area contributed by atoms with Gasteiger partial charge in [-0.05, 0) is 49.6 Å². The van der Waals surface area contributed by atoms with Gasteiger partial charge < -0.3 is 15.4 Å². The number of ether oxygens (including phenoxy) is 1. The molecule has 27 heavy (non-hydrogen) atoms. The average Bonchev–Trinajstić information content (AvgIpc) is 2.61. The molecule has 0 spiro atoms. The fraction of sp³-hybridized carbons (Fsp3) is 0.286. The molecule has 142 valence electrons. The van der Waals surface area contributed by atoms with Gasteiger partial charge in [-0.25, -0.2) is 0 Å². The molecule has 0 heterocycles. The van der Waals surface area contributed by atoms with Crippen molar-refractivity contribution >= 4 is 29.2 Å². The maximum atomic E-state index is 12.0. The summed E-state index contributed by atoms with van der Waals surface area (Å²) in [5.41, 5.74) is 4.30. The molecule has 2 aromatic rings. The molecule has 6 nitrogen and oxygen atoms in total. The van der Waals surface area contributed by atoms with Crippen molar-refractivity contribution in [1.82, 2.24) is 0 Å². The molecule has 2 N–H and O–H groups in total. The van der Waals surface area contributed by atoms with E-state index in [1.807, 2.05) is 57.2 Å². The van der Waals surface area contributed by atoms with Gasteiger partial charge in [-0.2, -0.15) is 0 Å². The normalized spacial score (nSPS) is 10.2. The molecular formula is C21H24N2O4. The van der Waals surface area contributed by atoms with Crippen LogP contribution in [-0.2, 0) is 19.1 Å². The van der Waals surface area contributed by atoms with Crippen molar-refractivity contribution in [3.05, 3.63) is 59.2 Å². The molecule has 0 aromatic heterocycles. The Morgan fingerprint density at radius 1 is 0.852 bits per heavy atom. The van der Waals surface area contributed by atoms with Crippen LogP contribution in [0.5, 0.6) is 0 Å². The molecule has 0 aliphatic carbocycles. The van der Waals surface area contributed by atoms with Crippen LogP contribution in [0.25, 0.3) is 0 Å². The van der Waals surface area contributed by atoms with Crippen molar-refractivity contribution < 1.29 is 19.1 Å². The Bertz CT molecular complexity index is 826. The van der Waals surface area contributed by atoms with E-state index in [9.17, 15) is 14.4 Å². The van der Waals surface area contributed by atoms with Crippen LogP contribution in [0.1, 0.15) is 29.5 Å². The van der Waals surface area contributed by atoms with E-state index in [1.165, 1.54) is 0 Å². The van der Waals surface area contributed by atoms with Crippen LogP contribution in [0.3, 0.4) is 0 Å². The maximum Gasteiger partial charge on any atom is 0.306 e. The van der Waals surface area contributed by atoms with Gasteiger partial charge in [0.15, 0.2) is 6.61 Å². The Morgan fingerprint density at radius 2 is 1.52 bits per heavy atom. The second-order valence-electron chi connectivity index (χ2n) is 6.39. The molecule has 0 atom stereocenters. The van der Waals surface area contributed by atoms with Gasteiger partial charge >= 0.3 is 5.97 Å². The number of nitrogens with one attached hydrogen (secondary N) is 2. The number of hydrogen-bond acceptors (Lipinski definition) is 4. The molecule has 0 saturated heterocycles. The van der Waals surface area contributed by atoms with Crippen LogP contribution in [0, 0.1) is 20.8 Å². The summed E-state index contributed by atoms with van der Waals surface area (Å²) in [6.45, 7) is 5.32. The van der Waals surface area contributed by atoms with Gasteiger partial charge in [0.05, 0.1) is 6.42 Å². The Labute approximate surface area is 158 Å². The molecule has 2 rings (SSSR count). The van der Waals surface area contributed by atoms with Crippen LogP contribution in [0.4, 0.5) is 11.4 Å². The van der Waals surface area contributed by atoms with Crippen molar-refractivity contribution in [1.29, 1.82) is 0 Å². The predicted molar refractivity (Wildman–Crippen MR) is 105 cm³/mol. The van der Waals surface area contributed by atoms with Gasteiger partial charge in [-0.3, -0.25) is 14.4 Å². The Kier molecular flexibility index (Phi) is 7.11. The van der Waals surface area contributed by atoms with E-state index in [-0.39, 0.29) is 25.4 Å². The smallest absolute Gasteiger partial charge is 0.306 e. The van der Waals surface area contributed by atoms with Gasteiger partial charge in [-0.15, -0.1) is 0 Å². The van der Waals surface area contributed by atoms with Crippen LogP contribution in [0.2, 0.25) is 0 Å². The first-order chi connectivity index (χ1) is 12.8. The molecule has 0 unspecified atom stereocenters. The maximum absolute atomic E-state index is 12.0. The number of rotatable bonds is 7. The Hall–Kier alpha value is -3.15. The fourth-order valence-corrected chi connectivity index (χ4v) is 2.57. The van der Waals surface area contributed by atoms with Gasteiger partial charge in [0.25, 0.3) is 5.91 Å². The average molecular weight is 368 g/mol. The highest BCUT2D eigenvalue weighted by atomic mass is 16.5. The van der Waals surface area contributed by atoms with Crippen LogP contribution in [-0.4, -0.2) is 24.4 Å². The Morgan fingerprint density at radius 3 is 2.19 bits per heavy atom. The lowest BCUT2D eigenvalue weighted by Crippen LogP contribution is -2.22. The van der Waals surface area contributed by atoms with Gasteiger partial charge in [0, 0.05) is 17.8 Å². The predicted octanol–water partition coefficient (Wildman–Crippen LogP) is 3.51. The number of aryl methyl sites for hydroxylation is 3. The number of carbonyl (C=O) groups excluding carboxylic acids is 3. The van der Waals surface area contributed by atoms with E-state index in [0.717, 1.165) is 22.4 Å². The van der Waals surface area contributed by atoms with Crippen molar-refractivity contribution in [2.75, 3.05) is 17.2 Å². The highest BCUT2D eigenvalue weighted by Gasteiger charge is 2.12. The molecular weight excluding hydrogens is 344 g/mol. The standard InChI is InChI=1S/C21H24N2O4/c1-14-6-4-9-17(12-14)22-18(24)10-11-20(26)27-13-19(25)23-21-15(2)7-5-8-16(21)3/h4-9,12H,10-11,13H2,1-3H3,(H,22,24)(H,23,25). The zero-order chi connectivity index (χ0) is 19.8. The largest absolute Gasteiger partial charge is 0.456 e. The number of esters is 1. The van der Waals surface area contributed by atoms with Crippen molar-refractivity contribution in [2.24, 2.45) is 0 Å². The second kappa shape index (κ2) is 9.52. The molecule has 0 fully saturated rings. The molecule has 6 heteroatoms. The van der Waals surface area contributed by atoms with Gasteiger partial charge in [-0.1, -0.05) is 30.3 Å². The summed E-state index contributed by atoms with van der Waals surface area (Å²) < 4.78 is 4.94. The number of anilines is 2. The Balaban J connectivity index is 1.72. The van der Waals surface area contributed by atoms with Crippen molar-refractivity contribution in [3.8, 4) is 0 Å². The summed E-state index contributed by atoms with van der Waals surface area (Å²) in [5, 5.41) is 5.46. The first-order valence-corrected chi connectivity index (χ1v) is 8.73. The van der Waals surface area contributed by atoms with Gasteiger partial charge in [0.1, 0.15) is 0 Å². The van der Waals surface area contributed by atoms with Gasteiger partial charge in [0.2, 0.25) is 5.91 Å². The fourth-order valence-electron chi connectivity index (χ4n) is 2.57. The summed E-state index contributed by atoms with van der Waals surface area (Å²) in [6.07, 6.45) is -0.0976. The molecule has 2 amide bonds. The van der Waals surface area contributed by atoms with E-state index in [1.54, 1.807) is 6.07 Å².